The van der Waals surface area contributed by atoms with Crippen molar-refractivity contribution in [2.45, 2.75) is 32.8 Å². The van der Waals surface area contributed by atoms with E-state index in [2.05, 4.69) is 6.92 Å². The van der Waals surface area contributed by atoms with E-state index >= 15 is 0 Å². The molecule has 0 aliphatic carbocycles. The summed E-state index contributed by atoms with van der Waals surface area (Å²) in [6.45, 7) is 4.75. The Bertz CT molecular complexity index is 372. The Morgan fingerprint density at radius 1 is 1.26 bits per heavy atom. The van der Waals surface area contributed by atoms with E-state index in [1.165, 1.54) is 6.92 Å². The average Bonchev–Trinajstić information content (AvgIpc) is 2.42. The average molecular weight is 266 g/mol. The highest BCUT2D eigenvalue weighted by atomic mass is 16.5. The number of ether oxygens (including phenoxy) is 2. The summed E-state index contributed by atoms with van der Waals surface area (Å²) in [5.74, 6) is 0.661. The molecule has 0 fully saturated rings. The van der Waals surface area contributed by atoms with E-state index < -0.39 is 6.10 Å². The molecule has 1 atom stereocenters. The minimum atomic E-state index is -0.635. The summed E-state index contributed by atoms with van der Waals surface area (Å²) in [7, 11) is 0. The van der Waals surface area contributed by atoms with Crippen molar-refractivity contribution in [2.75, 3.05) is 19.8 Å². The fourth-order valence-electron chi connectivity index (χ4n) is 1.49. The standard InChI is InChI=1S/C15H22O4/c1-3-4-9-18-10-14(17)11-19-15-7-5-13(6-8-15)12(2)16/h5-8,14,17H,3-4,9-11H2,1-2H3. The van der Waals surface area contributed by atoms with Crippen LogP contribution in [0.25, 0.3) is 0 Å². The zero-order chi connectivity index (χ0) is 14.1. The fraction of sp³-hybridized carbons (Fsp3) is 0.533. The van der Waals surface area contributed by atoms with Crippen LogP contribution in [0.3, 0.4) is 0 Å². The van der Waals surface area contributed by atoms with Crippen LogP contribution >= 0.6 is 0 Å². The van der Waals surface area contributed by atoms with E-state index in [0.29, 0.717) is 17.9 Å². The summed E-state index contributed by atoms with van der Waals surface area (Å²) in [6.07, 6.45) is 1.44. The van der Waals surface area contributed by atoms with Crippen molar-refractivity contribution in [3.05, 3.63) is 29.8 Å². The summed E-state index contributed by atoms with van der Waals surface area (Å²) < 4.78 is 10.7. The van der Waals surface area contributed by atoms with Crippen molar-refractivity contribution < 1.29 is 19.4 Å². The van der Waals surface area contributed by atoms with Gasteiger partial charge in [0.2, 0.25) is 0 Å². The van der Waals surface area contributed by atoms with Crippen LogP contribution in [-0.2, 0) is 4.74 Å². The van der Waals surface area contributed by atoms with Crippen LogP contribution in [-0.4, -0.2) is 36.8 Å². The summed E-state index contributed by atoms with van der Waals surface area (Å²) in [4.78, 5) is 11.1. The molecule has 0 aliphatic heterocycles. The molecule has 1 unspecified atom stereocenters. The van der Waals surface area contributed by atoms with Gasteiger partial charge in [-0.15, -0.1) is 0 Å². The molecule has 106 valence electrons. The van der Waals surface area contributed by atoms with Gasteiger partial charge in [0.15, 0.2) is 5.78 Å². The van der Waals surface area contributed by atoms with Gasteiger partial charge in [-0.05, 0) is 37.6 Å². The number of Topliss-reactive ketones (excluding diaryl/α,β-unsaturated/α-hetero) is 1. The maximum atomic E-state index is 11.1. The number of hydrogen-bond acceptors (Lipinski definition) is 4. The van der Waals surface area contributed by atoms with Crippen LogP contribution in [0.1, 0.15) is 37.0 Å². The molecule has 0 bridgehead atoms. The molecular formula is C15H22O4. The number of rotatable bonds is 9. The summed E-state index contributed by atoms with van der Waals surface area (Å²) >= 11 is 0. The van der Waals surface area contributed by atoms with Gasteiger partial charge in [-0.2, -0.15) is 0 Å². The van der Waals surface area contributed by atoms with Crippen molar-refractivity contribution in [2.24, 2.45) is 0 Å². The molecule has 1 aromatic carbocycles. The molecule has 0 aliphatic rings. The van der Waals surface area contributed by atoms with Gasteiger partial charge < -0.3 is 14.6 Å². The van der Waals surface area contributed by atoms with E-state index in [4.69, 9.17) is 9.47 Å². The summed E-state index contributed by atoms with van der Waals surface area (Å²) in [6, 6.07) is 6.87. The maximum Gasteiger partial charge on any atom is 0.159 e. The van der Waals surface area contributed by atoms with Crippen LogP contribution in [0.2, 0.25) is 0 Å². The van der Waals surface area contributed by atoms with Gasteiger partial charge in [-0.3, -0.25) is 4.79 Å². The smallest absolute Gasteiger partial charge is 0.159 e. The van der Waals surface area contributed by atoms with Gasteiger partial charge in [0.05, 0.1) is 6.61 Å². The number of benzene rings is 1. The molecule has 0 spiro atoms. The van der Waals surface area contributed by atoms with E-state index in [1.54, 1.807) is 24.3 Å². The van der Waals surface area contributed by atoms with Crippen LogP contribution in [0, 0.1) is 0 Å². The Balaban J connectivity index is 2.25. The molecular weight excluding hydrogens is 244 g/mol. The molecule has 0 amide bonds. The van der Waals surface area contributed by atoms with Crippen molar-refractivity contribution in [3.63, 3.8) is 0 Å². The fourth-order valence-corrected chi connectivity index (χ4v) is 1.49. The third-order valence-electron chi connectivity index (χ3n) is 2.66. The molecule has 0 aromatic heterocycles. The first-order valence-corrected chi connectivity index (χ1v) is 6.63. The molecule has 0 radical (unpaired) electrons. The lowest BCUT2D eigenvalue weighted by atomic mass is 10.1. The Hall–Kier alpha value is -1.39. The number of aliphatic hydroxyl groups excluding tert-OH is 1. The molecule has 19 heavy (non-hydrogen) atoms. The van der Waals surface area contributed by atoms with Gasteiger partial charge in [0.1, 0.15) is 18.5 Å². The Morgan fingerprint density at radius 3 is 2.53 bits per heavy atom. The molecule has 0 saturated carbocycles. The highest BCUT2D eigenvalue weighted by Gasteiger charge is 2.06. The first-order valence-electron chi connectivity index (χ1n) is 6.63. The lowest BCUT2D eigenvalue weighted by molar-refractivity contribution is 0.0113. The van der Waals surface area contributed by atoms with Gasteiger partial charge in [0, 0.05) is 12.2 Å². The maximum absolute atomic E-state index is 11.1. The Kier molecular flexibility index (Phi) is 7.15. The molecule has 4 heteroatoms. The Labute approximate surface area is 114 Å². The van der Waals surface area contributed by atoms with E-state index in [1.807, 2.05) is 0 Å². The van der Waals surface area contributed by atoms with Crippen molar-refractivity contribution in [1.82, 2.24) is 0 Å². The zero-order valence-corrected chi connectivity index (χ0v) is 11.6. The third kappa shape index (κ3) is 6.36. The lowest BCUT2D eigenvalue weighted by Gasteiger charge is -2.12. The molecule has 0 heterocycles. The normalized spacial score (nSPS) is 12.2. The molecule has 1 rings (SSSR count). The largest absolute Gasteiger partial charge is 0.491 e. The molecule has 1 aromatic rings. The third-order valence-corrected chi connectivity index (χ3v) is 2.66. The minimum Gasteiger partial charge on any atom is -0.491 e. The van der Waals surface area contributed by atoms with E-state index in [-0.39, 0.29) is 19.0 Å². The number of ketones is 1. The number of carbonyl (C=O) groups is 1. The van der Waals surface area contributed by atoms with Crippen molar-refractivity contribution in [3.8, 4) is 5.75 Å². The van der Waals surface area contributed by atoms with Crippen LogP contribution in [0.15, 0.2) is 24.3 Å². The monoisotopic (exact) mass is 266 g/mol. The van der Waals surface area contributed by atoms with Crippen molar-refractivity contribution >= 4 is 5.78 Å². The minimum absolute atomic E-state index is 0.0240. The molecule has 1 N–H and O–H groups in total. The number of unbranched alkanes of at least 4 members (excludes halogenated alkanes) is 1. The van der Waals surface area contributed by atoms with Gasteiger partial charge >= 0.3 is 0 Å². The number of aliphatic hydroxyl groups is 1. The highest BCUT2D eigenvalue weighted by Crippen LogP contribution is 2.12. The lowest BCUT2D eigenvalue weighted by Crippen LogP contribution is -2.23. The molecule has 4 nitrogen and oxygen atoms in total. The summed E-state index contributed by atoms with van der Waals surface area (Å²) in [5.41, 5.74) is 0.649. The number of hydrogen-bond donors (Lipinski definition) is 1. The number of carbonyl (C=O) groups excluding carboxylic acids is 1. The van der Waals surface area contributed by atoms with Gasteiger partial charge in [-0.25, -0.2) is 0 Å². The second-order valence-corrected chi connectivity index (χ2v) is 4.47. The summed E-state index contributed by atoms with van der Waals surface area (Å²) in [5, 5.41) is 9.65. The zero-order valence-electron chi connectivity index (χ0n) is 11.6. The second-order valence-electron chi connectivity index (χ2n) is 4.47. The first kappa shape index (κ1) is 15.7. The van der Waals surface area contributed by atoms with Crippen molar-refractivity contribution in [1.29, 1.82) is 0 Å². The van der Waals surface area contributed by atoms with Crippen LogP contribution in [0.4, 0.5) is 0 Å². The van der Waals surface area contributed by atoms with E-state index in [9.17, 15) is 9.90 Å². The SMILES string of the molecule is CCCCOCC(O)COc1ccc(C(C)=O)cc1. The topological polar surface area (TPSA) is 55.8 Å². The van der Waals surface area contributed by atoms with Crippen LogP contribution in [0.5, 0.6) is 5.75 Å². The predicted octanol–water partition coefficient (Wildman–Crippen LogP) is 2.45. The quantitative estimate of drug-likeness (QED) is 0.551. The second kappa shape index (κ2) is 8.67. The van der Waals surface area contributed by atoms with Crippen LogP contribution < -0.4 is 4.74 Å². The highest BCUT2D eigenvalue weighted by molar-refractivity contribution is 5.94. The van der Waals surface area contributed by atoms with Gasteiger partial charge in [-0.1, -0.05) is 13.3 Å². The molecule has 0 saturated heterocycles. The Morgan fingerprint density at radius 2 is 1.95 bits per heavy atom. The van der Waals surface area contributed by atoms with Gasteiger partial charge in [0.25, 0.3) is 0 Å². The first-order chi connectivity index (χ1) is 9.13. The van der Waals surface area contributed by atoms with E-state index in [0.717, 1.165) is 12.8 Å². The predicted molar refractivity (Wildman–Crippen MR) is 73.7 cm³/mol.